The summed E-state index contributed by atoms with van der Waals surface area (Å²) >= 11 is 0. The highest BCUT2D eigenvalue weighted by Crippen LogP contribution is 2.50. The van der Waals surface area contributed by atoms with E-state index in [1.165, 1.54) is 17.4 Å². The molecule has 5 heterocycles. The quantitative estimate of drug-likeness (QED) is 0.542. The molecule has 0 unspecified atom stereocenters. The van der Waals surface area contributed by atoms with Gasteiger partial charge in [-0.1, -0.05) is 12.8 Å². The smallest absolute Gasteiger partial charge is 0.328 e. The van der Waals surface area contributed by atoms with Crippen LogP contribution in [0.2, 0.25) is 0 Å². The van der Waals surface area contributed by atoms with Gasteiger partial charge in [-0.15, -0.1) is 0 Å². The van der Waals surface area contributed by atoms with E-state index in [2.05, 4.69) is 4.98 Å². The Morgan fingerprint density at radius 1 is 0.950 bits per heavy atom. The number of nitrogens with one attached hydrogen (secondary N) is 1. The molecule has 12 heteroatoms. The lowest BCUT2D eigenvalue weighted by Gasteiger charge is -2.37. The normalized spacial score (nSPS) is 38.9. The van der Waals surface area contributed by atoms with Crippen LogP contribution in [0.1, 0.15) is 76.2 Å². The number of fused-ring (bicyclic) bond motifs is 1. The lowest BCUT2D eigenvalue weighted by Crippen LogP contribution is -2.48. The number of aromatic amines is 1. The fraction of sp³-hybridized carbons (Fsp3) is 0.857. The van der Waals surface area contributed by atoms with Crippen LogP contribution in [0.15, 0.2) is 15.8 Å². The molecule has 0 aromatic carbocycles. The van der Waals surface area contributed by atoms with Gasteiger partial charge in [0, 0.05) is 37.4 Å². The summed E-state index contributed by atoms with van der Waals surface area (Å²) in [6.07, 6.45) is 9.69. The first-order valence-corrected chi connectivity index (χ1v) is 15.1. The summed E-state index contributed by atoms with van der Waals surface area (Å²) in [6.45, 7) is 2.19. The minimum atomic E-state index is -0.634. The summed E-state index contributed by atoms with van der Waals surface area (Å²) in [6, 6.07) is -0.356. The van der Waals surface area contributed by atoms with Crippen molar-refractivity contribution in [2.24, 2.45) is 0 Å². The maximum absolute atomic E-state index is 12.4. The molecule has 2 saturated carbocycles. The molecule has 6 aliphatic rings. The van der Waals surface area contributed by atoms with Crippen molar-refractivity contribution in [2.75, 3.05) is 13.2 Å². The van der Waals surface area contributed by atoms with E-state index in [0.717, 1.165) is 51.4 Å². The topological polar surface area (TPSA) is 134 Å². The maximum Gasteiger partial charge on any atom is 0.328 e. The fourth-order valence-electron chi connectivity index (χ4n) is 7.58. The van der Waals surface area contributed by atoms with Gasteiger partial charge < -0.3 is 28.8 Å². The van der Waals surface area contributed by atoms with Crippen molar-refractivity contribution in [1.82, 2.24) is 14.6 Å². The van der Waals surface area contributed by atoms with Gasteiger partial charge in [0.05, 0.1) is 31.9 Å². The van der Waals surface area contributed by atoms with E-state index in [1.54, 1.807) is 18.2 Å². The van der Waals surface area contributed by atoms with Crippen molar-refractivity contribution in [3.8, 4) is 0 Å². The molecule has 4 saturated heterocycles. The maximum atomic E-state index is 12.4. The number of hydrogen-bond acceptors (Lipinski definition) is 10. The summed E-state index contributed by atoms with van der Waals surface area (Å²) < 4.78 is 34.4. The van der Waals surface area contributed by atoms with Crippen molar-refractivity contribution in [2.45, 2.75) is 138 Å². The van der Waals surface area contributed by atoms with Crippen LogP contribution in [-0.2, 0) is 35.1 Å². The number of hydrogen-bond donors (Lipinski definition) is 2. The third-order valence-electron chi connectivity index (χ3n) is 9.62. The molecule has 1 aromatic rings. The van der Waals surface area contributed by atoms with Gasteiger partial charge in [0.15, 0.2) is 17.8 Å². The number of nitrogens with zero attached hydrogens (tertiary/aromatic N) is 2. The molecule has 0 amide bonds. The number of ether oxygens (including phenoxy) is 5. The molecule has 0 bridgehead atoms. The molecule has 222 valence electrons. The van der Waals surface area contributed by atoms with E-state index in [9.17, 15) is 14.7 Å². The summed E-state index contributed by atoms with van der Waals surface area (Å²) in [5.74, 6) is -1.17. The molecule has 0 radical (unpaired) electrons. The van der Waals surface area contributed by atoms with Crippen molar-refractivity contribution in [3.63, 3.8) is 0 Å². The molecule has 2 aliphatic carbocycles. The van der Waals surface area contributed by atoms with Gasteiger partial charge in [-0.3, -0.25) is 19.2 Å². The third kappa shape index (κ3) is 4.80. The second-order valence-electron chi connectivity index (χ2n) is 12.4. The number of aryl methyl sites for hydroxylation is 1. The van der Waals surface area contributed by atoms with Gasteiger partial charge in [-0.2, -0.15) is 5.06 Å². The zero-order valence-electron chi connectivity index (χ0n) is 23.1. The van der Waals surface area contributed by atoms with Crippen LogP contribution in [0, 0.1) is 6.92 Å². The number of aliphatic hydroxyl groups excluding tert-OH is 1. The molecule has 12 nitrogen and oxygen atoms in total. The molecule has 2 N–H and O–H groups in total. The van der Waals surface area contributed by atoms with Crippen LogP contribution in [0.5, 0.6) is 0 Å². The first-order chi connectivity index (χ1) is 19.4. The predicted molar refractivity (Wildman–Crippen MR) is 139 cm³/mol. The third-order valence-corrected chi connectivity index (χ3v) is 9.62. The van der Waals surface area contributed by atoms with Crippen LogP contribution < -0.4 is 11.2 Å². The molecule has 40 heavy (non-hydrogen) atoms. The second-order valence-corrected chi connectivity index (χ2v) is 12.4. The number of H-pyrrole nitrogens is 1. The van der Waals surface area contributed by atoms with E-state index >= 15 is 0 Å². The van der Waals surface area contributed by atoms with Crippen molar-refractivity contribution in [3.05, 3.63) is 32.6 Å². The van der Waals surface area contributed by atoms with Crippen LogP contribution >= 0.6 is 0 Å². The first kappa shape index (κ1) is 27.2. The molecule has 7 rings (SSSR count). The Balaban J connectivity index is 1.12. The number of hydroxylamine groups is 2. The monoisotopic (exact) mass is 563 g/mol. The molecule has 2 spiro atoms. The molecule has 6 fully saturated rings. The number of rotatable bonds is 5. The molecule has 1 aromatic heterocycles. The Hall–Kier alpha value is -1.64. The Morgan fingerprint density at radius 2 is 1.65 bits per heavy atom. The van der Waals surface area contributed by atoms with E-state index in [1.807, 2.05) is 0 Å². The molecule has 4 aliphatic heterocycles. The van der Waals surface area contributed by atoms with Gasteiger partial charge in [-0.05, 0) is 39.0 Å². The largest absolute Gasteiger partial charge is 0.395 e. The van der Waals surface area contributed by atoms with E-state index < -0.39 is 47.4 Å². The van der Waals surface area contributed by atoms with Crippen molar-refractivity contribution in [1.29, 1.82) is 0 Å². The molecular weight excluding hydrogens is 522 g/mol. The second kappa shape index (κ2) is 10.6. The Labute approximate surface area is 232 Å². The van der Waals surface area contributed by atoms with Crippen LogP contribution in [-0.4, -0.2) is 87.3 Å². The van der Waals surface area contributed by atoms with Crippen LogP contribution in [0.25, 0.3) is 0 Å². The van der Waals surface area contributed by atoms with E-state index in [0.29, 0.717) is 18.6 Å². The highest BCUT2D eigenvalue weighted by molar-refractivity contribution is 5.05. The highest BCUT2D eigenvalue weighted by Gasteiger charge is 2.64. The number of aromatic nitrogens is 2. The van der Waals surface area contributed by atoms with E-state index in [-0.39, 0.29) is 31.4 Å². The summed E-state index contributed by atoms with van der Waals surface area (Å²) in [4.78, 5) is 32.9. The Bertz CT molecular complexity index is 1190. The minimum absolute atomic E-state index is 0.143. The first-order valence-electron chi connectivity index (χ1n) is 15.1. The summed E-state index contributed by atoms with van der Waals surface area (Å²) in [5.41, 5.74) is -0.443. The van der Waals surface area contributed by atoms with Crippen molar-refractivity contribution < 1.29 is 33.6 Å². The van der Waals surface area contributed by atoms with Gasteiger partial charge >= 0.3 is 5.69 Å². The minimum Gasteiger partial charge on any atom is -0.395 e. The van der Waals surface area contributed by atoms with Crippen LogP contribution in [0.3, 0.4) is 0 Å². The van der Waals surface area contributed by atoms with Crippen LogP contribution in [0.4, 0.5) is 0 Å². The lowest BCUT2D eigenvalue weighted by molar-refractivity contribution is -0.302. The fourth-order valence-corrected chi connectivity index (χ4v) is 7.58. The lowest BCUT2D eigenvalue weighted by atomic mass is 9.94. The highest BCUT2D eigenvalue weighted by atomic mass is 16.8. The zero-order valence-corrected chi connectivity index (χ0v) is 23.1. The average molecular weight is 564 g/mol. The van der Waals surface area contributed by atoms with E-state index in [4.69, 9.17) is 28.5 Å². The Morgan fingerprint density at radius 3 is 2.38 bits per heavy atom. The van der Waals surface area contributed by atoms with Gasteiger partial charge in [0.25, 0.3) is 5.56 Å². The van der Waals surface area contributed by atoms with Gasteiger partial charge in [0.2, 0.25) is 0 Å². The standard InChI is InChI=1S/C28H41N3O9/c1-17-13-30(26(34)29-24(17)33)14-19-12-18(15-32)31(40-19)25-23-22(38-28(39-23)10-6-3-7-11-28)21(36-25)20-16-35-27(37-20)8-4-2-5-9-27/h13,18-23,25,32H,2-12,14-16H2,1H3,(H,29,33,34)/t18-,19-,20+,21+,22-,23-,25-/m0/s1. The van der Waals surface area contributed by atoms with Gasteiger partial charge in [-0.25, -0.2) is 4.79 Å². The molecular formula is C28H41N3O9. The predicted octanol–water partition coefficient (Wildman–Crippen LogP) is 1.46. The summed E-state index contributed by atoms with van der Waals surface area (Å²) in [5, 5.41) is 12.0. The SMILES string of the molecule is Cc1cn(C[C@@H]2C[C@@H](CO)N([C@H]3O[C@H]([C@H]4COC5(CCCCC5)O4)[C@@H]4OC5(CCCCC5)O[C@@H]43)O2)c(=O)[nH]c1=O. The van der Waals surface area contributed by atoms with Crippen molar-refractivity contribution >= 4 is 0 Å². The van der Waals surface area contributed by atoms with Gasteiger partial charge in [0.1, 0.15) is 24.4 Å². The Kier molecular flexibility index (Phi) is 7.19. The molecule has 7 atom stereocenters. The zero-order chi connectivity index (χ0) is 27.5. The average Bonchev–Trinajstić information content (AvgIpc) is 3.71. The number of aliphatic hydroxyl groups is 1. The summed E-state index contributed by atoms with van der Waals surface area (Å²) in [7, 11) is 0.